The molecule has 120 valence electrons. The van der Waals surface area contributed by atoms with Gasteiger partial charge in [-0.15, -0.1) is 0 Å². The summed E-state index contributed by atoms with van der Waals surface area (Å²) in [6, 6.07) is 0. The Morgan fingerprint density at radius 3 is 2.77 bits per heavy atom. The van der Waals surface area contributed by atoms with Gasteiger partial charge in [-0.25, -0.2) is 0 Å². The predicted molar refractivity (Wildman–Crippen MR) is 84.1 cm³/mol. The Kier molecular flexibility index (Phi) is 3.26. The predicted octanol–water partition coefficient (Wildman–Crippen LogP) is 3.40. The Morgan fingerprint density at radius 1 is 1.18 bits per heavy atom. The third-order valence-electron chi connectivity index (χ3n) is 7.51. The first-order chi connectivity index (χ1) is 10.6. The number of ketones is 1. The summed E-state index contributed by atoms with van der Waals surface area (Å²) >= 11 is 0. The largest absolute Gasteiger partial charge is 0.515 e. The highest BCUT2D eigenvalue weighted by Crippen LogP contribution is 2.62. The Balaban J connectivity index is 1.65. The van der Waals surface area contributed by atoms with Crippen LogP contribution < -0.4 is 0 Å². The molecule has 0 radical (unpaired) electrons. The Hall–Kier alpha value is -1.09. The number of rotatable bonds is 0. The summed E-state index contributed by atoms with van der Waals surface area (Å²) < 4.78 is 0. The van der Waals surface area contributed by atoms with E-state index in [1.807, 2.05) is 0 Å². The molecule has 0 aliphatic heterocycles. The van der Waals surface area contributed by atoms with Gasteiger partial charge in [-0.05, 0) is 79.6 Å². The number of allylic oxidation sites excluding steroid dienone is 3. The number of aliphatic hydroxyl groups excluding tert-OH is 2. The van der Waals surface area contributed by atoms with Crippen molar-refractivity contribution < 1.29 is 15.0 Å². The molecule has 22 heavy (non-hydrogen) atoms. The summed E-state index contributed by atoms with van der Waals surface area (Å²) in [4.78, 5) is 12.0. The molecule has 0 spiro atoms. The number of carbonyl (C=O) groups is 1. The Morgan fingerprint density at radius 2 is 2.00 bits per heavy atom. The van der Waals surface area contributed by atoms with E-state index in [0.717, 1.165) is 44.8 Å². The van der Waals surface area contributed by atoms with E-state index in [1.54, 1.807) is 6.08 Å². The number of aliphatic hydroxyl groups is 2. The second kappa shape index (κ2) is 4.95. The quantitative estimate of drug-likeness (QED) is 0.532. The zero-order valence-electron chi connectivity index (χ0n) is 13.2. The van der Waals surface area contributed by atoms with Gasteiger partial charge in [0.2, 0.25) is 0 Å². The van der Waals surface area contributed by atoms with Crippen molar-refractivity contribution in [2.45, 2.75) is 51.6 Å². The van der Waals surface area contributed by atoms with Crippen molar-refractivity contribution in [2.75, 3.05) is 0 Å². The van der Waals surface area contributed by atoms with Gasteiger partial charge in [0.15, 0.2) is 5.78 Å². The summed E-state index contributed by atoms with van der Waals surface area (Å²) in [5.41, 5.74) is 0.725. The monoisotopic (exact) mass is 302 g/mol. The average Bonchev–Trinajstić information content (AvgIpc) is 2.82. The van der Waals surface area contributed by atoms with Crippen LogP contribution in [0.5, 0.6) is 0 Å². The zero-order valence-corrected chi connectivity index (χ0v) is 13.2. The van der Waals surface area contributed by atoms with Crippen LogP contribution in [-0.2, 0) is 4.79 Å². The van der Waals surface area contributed by atoms with E-state index in [1.165, 1.54) is 0 Å². The minimum absolute atomic E-state index is 0.0147. The molecular formula is C19H26O3. The van der Waals surface area contributed by atoms with Crippen molar-refractivity contribution in [1.29, 1.82) is 0 Å². The van der Waals surface area contributed by atoms with Crippen LogP contribution in [0.4, 0.5) is 0 Å². The fourth-order valence-electron chi connectivity index (χ4n) is 6.32. The molecule has 7 atom stereocenters. The molecule has 0 bridgehead atoms. The van der Waals surface area contributed by atoms with E-state index < -0.39 is 0 Å². The van der Waals surface area contributed by atoms with Crippen LogP contribution in [0.3, 0.4) is 0 Å². The number of fused-ring (bicyclic) bond motifs is 5. The van der Waals surface area contributed by atoms with Crippen molar-refractivity contribution in [2.24, 2.45) is 35.0 Å². The van der Waals surface area contributed by atoms with Crippen LogP contribution in [-0.4, -0.2) is 22.1 Å². The molecule has 4 aliphatic rings. The van der Waals surface area contributed by atoms with Crippen LogP contribution in [0.1, 0.15) is 45.4 Å². The molecular weight excluding hydrogens is 276 g/mol. The lowest BCUT2D eigenvalue weighted by atomic mass is 9.51. The molecule has 0 aromatic carbocycles. The fraction of sp³-hybridized carbons (Fsp3) is 0.737. The third-order valence-corrected chi connectivity index (χ3v) is 7.51. The van der Waals surface area contributed by atoms with Crippen LogP contribution in [0.25, 0.3) is 0 Å². The highest BCUT2D eigenvalue weighted by molar-refractivity contribution is 6.05. The maximum atomic E-state index is 12.0. The fourth-order valence-corrected chi connectivity index (χ4v) is 6.32. The van der Waals surface area contributed by atoms with E-state index >= 15 is 0 Å². The number of hydrogen-bond donors (Lipinski definition) is 2. The van der Waals surface area contributed by atoms with Crippen molar-refractivity contribution >= 4 is 5.78 Å². The molecule has 4 aliphatic carbocycles. The van der Waals surface area contributed by atoms with E-state index in [-0.39, 0.29) is 23.2 Å². The summed E-state index contributed by atoms with van der Waals surface area (Å²) in [7, 11) is 0. The molecule has 4 rings (SSSR count). The SMILES string of the molecule is C[C@]12CC[C@@H]3[C@H]4C=CC(=O)/C(=C/O)[C@@H]4CC[C@H]3[C@@H]1CC[C@@H]2O. The van der Waals surface area contributed by atoms with E-state index in [2.05, 4.69) is 13.0 Å². The first-order valence-electron chi connectivity index (χ1n) is 8.81. The van der Waals surface area contributed by atoms with Gasteiger partial charge in [0, 0.05) is 5.57 Å². The van der Waals surface area contributed by atoms with Crippen molar-refractivity contribution in [3.8, 4) is 0 Å². The van der Waals surface area contributed by atoms with E-state index in [4.69, 9.17) is 0 Å². The number of carbonyl (C=O) groups excluding carboxylic acids is 1. The van der Waals surface area contributed by atoms with Gasteiger partial charge in [-0.3, -0.25) is 4.79 Å². The third kappa shape index (κ3) is 1.81. The lowest BCUT2D eigenvalue weighted by molar-refractivity contribution is -0.113. The maximum absolute atomic E-state index is 12.0. The molecule has 2 N–H and O–H groups in total. The maximum Gasteiger partial charge on any atom is 0.184 e. The summed E-state index contributed by atoms with van der Waals surface area (Å²) in [5, 5.41) is 19.9. The smallest absolute Gasteiger partial charge is 0.184 e. The lowest BCUT2D eigenvalue weighted by Crippen LogP contribution is -2.49. The first-order valence-corrected chi connectivity index (χ1v) is 8.81. The van der Waals surface area contributed by atoms with Gasteiger partial charge in [-0.2, -0.15) is 0 Å². The van der Waals surface area contributed by atoms with Crippen LogP contribution in [0.2, 0.25) is 0 Å². The first kappa shape index (κ1) is 14.5. The van der Waals surface area contributed by atoms with Crippen molar-refractivity contribution in [3.63, 3.8) is 0 Å². The van der Waals surface area contributed by atoms with Gasteiger partial charge < -0.3 is 10.2 Å². The summed E-state index contributed by atoms with van der Waals surface area (Å²) in [6.07, 6.45) is 11.2. The molecule has 0 heterocycles. The van der Waals surface area contributed by atoms with Crippen LogP contribution >= 0.6 is 0 Å². The highest BCUT2D eigenvalue weighted by atomic mass is 16.3. The van der Waals surface area contributed by atoms with Gasteiger partial charge in [0.25, 0.3) is 0 Å². The Labute approximate surface area is 132 Å². The Bertz CT molecular complexity index is 549. The van der Waals surface area contributed by atoms with Crippen molar-refractivity contribution in [3.05, 3.63) is 24.0 Å². The summed E-state index contributed by atoms with van der Waals surface area (Å²) in [5.74, 6) is 2.52. The minimum atomic E-state index is -0.132. The van der Waals surface area contributed by atoms with Gasteiger partial charge in [0.1, 0.15) is 0 Å². The highest BCUT2D eigenvalue weighted by Gasteiger charge is 2.56. The molecule has 0 saturated heterocycles. The zero-order chi connectivity index (χ0) is 15.5. The normalized spacial score (nSPS) is 52.3. The second-order valence-corrected chi connectivity index (χ2v) is 8.14. The topological polar surface area (TPSA) is 57.5 Å². The van der Waals surface area contributed by atoms with Gasteiger partial charge >= 0.3 is 0 Å². The standard InChI is InChI=1S/C19H26O3/c1-19-9-8-13-11-4-6-17(21)15(10-20)12(11)2-3-14(13)16(19)5-7-18(19)22/h4,6,10-14,16,18,20,22H,2-3,5,7-9H2,1H3/b15-10+/t11-,12+,13+,14+,16-,18-,19-/m0/s1. The summed E-state index contributed by atoms with van der Waals surface area (Å²) in [6.45, 7) is 2.29. The molecule has 0 aromatic rings. The molecule has 3 heteroatoms. The van der Waals surface area contributed by atoms with E-state index in [9.17, 15) is 15.0 Å². The molecule has 3 saturated carbocycles. The van der Waals surface area contributed by atoms with Crippen molar-refractivity contribution in [1.82, 2.24) is 0 Å². The number of hydrogen-bond acceptors (Lipinski definition) is 3. The van der Waals surface area contributed by atoms with E-state index in [0.29, 0.717) is 29.2 Å². The molecule has 0 amide bonds. The second-order valence-electron chi connectivity index (χ2n) is 8.14. The van der Waals surface area contributed by atoms with Gasteiger partial charge in [0.05, 0.1) is 12.4 Å². The molecule has 0 aromatic heterocycles. The molecule has 3 fully saturated rings. The molecule has 0 unspecified atom stereocenters. The minimum Gasteiger partial charge on any atom is -0.515 e. The van der Waals surface area contributed by atoms with Crippen LogP contribution in [0.15, 0.2) is 24.0 Å². The lowest BCUT2D eigenvalue weighted by Gasteiger charge is -2.54. The molecule has 3 nitrogen and oxygen atoms in total. The average molecular weight is 302 g/mol. The van der Waals surface area contributed by atoms with Gasteiger partial charge in [-0.1, -0.05) is 13.0 Å². The van der Waals surface area contributed by atoms with Crippen LogP contribution in [0, 0.1) is 35.0 Å².